The zero-order valence-electron chi connectivity index (χ0n) is 16.3. The van der Waals surface area contributed by atoms with Crippen LogP contribution in [0.4, 0.5) is 0 Å². The molecule has 3 rings (SSSR count). The van der Waals surface area contributed by atoms with Crippen LogP contribution in [0.15, 0.2) is 58.9 Å². The van der Waals surface area contributed by atoms with Gasteiger partial charge in [-0.25, -0.2) is 0 Å². The van der Waals surface area contributed by atoms with E-state index in [0.29, 0.717) is 5.92 Å². The van der Waals surface area contributed by atoms with Gasteiger partial charge < -0.3 is 9.53 Å². The number of hydrogen-bond acceptors (Lipinski definition) is 3. The van der Waals surface area contributed by atoms with E-state index in [1.54, 1.807) is 11.8 Å². The molecule has 1 aromatic rings. The number of thioether (sulfide) groups is 1. The summed E-state index contributed by atoms with van der Waals surface area (Å²) in [6.07, 6.45) is 6.43. The van der Waals surface area contributed by atoms with Crippen molar-refractivity contribution >= 4 is 20.1 Å². The molecule has 0 aliphatic heterocycles. The van der Waals surface area contributed by atoms with Gasteiger partial charge in [0.15, 0.2) is 8.32 Å². The molecule has 1 N–H and O–H groups in total. The molecule has 2 aliphatic rings. The van der Waals surface area contributed by atoms with E-state index < -0.39 is 13.9 Å². The van der Waals surface area contributed by atoms with E-state index in [0.717, 1.165) is 31.0 Å². The molecular formula is C22H32O2SSi. The van der Waals surface area contributed by atoms with Crippen LogP contribution in [0.3, 0.4) is 0 Å². The van der Waals surface area contributed by atoms with E-state index in [4.69, 9.17) is 4.43 Å². The molecule has 1 fully saturated rings. The molecule has 0 amide bonds. The predicted octanol–water partition coefficient (Wildman–Crippen LogP) is 6.01. The summed E-state index contributed by atoms with van der Waals surface area (Å²) in [6, 6.07) is 13.8. The molecule has 2 aliphatic carbocycles. The molecule has 0 radical (unpaired) electrons. The van der Waals surface area contributed by atoms with Gasteiger partial charge in [0.1, 0.15) is 0 Å². The number of aliphatic hydroxyl groups is 1. The molecule has 0 heterocycles. The van der Waals surface area contributed by atoms with Crippen molar-refractivity contribution in [1.29, 1.82) is 0 Å². The molecular weight excluding hydrogens is 356 g/mol. The fraction of sp³-hybridized carbons (Fsp3) is 0.545. The highest BCUT2D eigenvalue weighted by Crippen LogP contribution is 2.67. The van der Waals surface area contributed by atoms with Crippen molar-refractivity contribution in [1.82, 2.24) is 0 Å². The van der Waals surface area contributed by atoms with E-state index in [-0.39, 0.29) is 12.0 Å². The quantitative estimate of drug-likeness (QED) is 0.415. The lowest BCUT2D eigenvalue weighted by atomic mass is 9.62. The van der Waals surface area contributed by atoms with Crippen LogP contribution in [-0.2, 0) is 4.43 Å². The molecule has 2 nitrogen and oxygen atoms in total. The molecule has 1 aromatic carbocycles. The van der Waals surface area contributed by atoms with Crippen LogP contribution in [-0.4, -0.2) is 25.6 Å². The fourth-order valence-corrected chi connectivity index (χ4v) is 9.32. The van der Waals surface area contributed by atoms with Gasteiger partial charge in [0.2, 0.25) is 0 Å². The van der Waals surface area contributed by atoms with Crippen LogP contribution in [0.5, 0.6) is 0 Å². The third-order valence-corrected chi connectivity index (χ3v) is 12.8. The lowest BCUT2D eigenvalue weighted by Gasteiger charge is -2.54. The Morgan fingerprint density at radius 1 is 1.23 bits per heavy atom. The second-order valence-electron chi connectivity index (χ2n) is 7.66. The highest BCUT2D eigenvalue weighted by Gasteiger charge is 2.66. The Bertz CT molecular complexity index is 662. The highest BCUT2D eigenvalue weighted by atomic mass is 32.2. The topological polar surface area (TPSA) is 29.5 Å². The third-order valence-electron chi connectivity index (χ3n) is 6.89. The van der Waals surface area contributed by atoms with Gasteiger partial charge in [-0.05, 0) is 53.9 Å². The second-order valence-corrected chi connectivity index (χ2v) is 13.5. The first-order valence-corrected chi connectivity index (χ1v) is 13.3. The van der Waals surface area contributed by atoms with Gasteiger partial charge in [-0.15, -0.1) is 6.58 Å². The van der Waals surface area contributed by atoms with E-state index >= 15 is 0 Å². The van der Waals surface area contributed by atoms with Gasteiger partial charge in [0.25, 0.3) is 0 Å². The Morgan fingerprint density at radius 2 is 1.88 bits per heavy atom. The molecule has 0 unspecified atom stereocenters. The van der Waals surface area contributed by atoms with Gasteiger partial charge >= 0.3 is 0 Å². The van der Waals surface area contributed by atoms with Crippen LogP contribution in [0, 0.1) is 11.3 Å². The largest absolute Gasteiger partial charge is 0.407 e. The Labute approximate surface area is 163 Å². The first kappa shape index (κ1) is 19.9. The first-order valence-electron chi connectivity index (χ1n) is 9.95. The number of rotatable bonds is 9. The number of aliphatic hydroxyl groups excluding tert-OH is 1. The monoisotopic (exact) mass is 388 g/mol. The Hall–Kier alpha value is -0.813. The summed E-state index contributed by atoms with van der Waals surface area (Å²) >= 11 is 1.79. The SMILES string of the molecule is C=C[C@@]1(O[Si](CC)(CC)CC)CC[C@@H]2C=C(Sc3ccccc3)[C@@]21CO. The van der Waals surface area contributed by atoms with Crippen molar-refractivity contribution in [2.45, 2.75) is 62.2 Å². The number of hydrogen-bond donors (Lipinski definition) is 1. The van der Waals surface area contributed by atoms with Crippen molar-refractivity contribution in [2.24, 2.45) is 11.3 Å². The normalized spacial score (nSPS) is 30.5. The molecule has 0 spiro atoms. The molecule has 26 heavy (non-hydrogen) atoms. The van der Waals surface area contributed by atoms with Crippen LogP contribution in [0.2, 0.25) is 18.1 Å². The minimum atomic E-state index is -1.82. The zero-order chi connectivity index (χ0) is 18.8. The summed E-state index contributed by atoms with van der Waals surface area (Å²) in [6.45, 7) is 11.1. The Balaban J connectivity index is 1.96. The van der Waals surface area contributed by atoms with Gasteiger partial charge in [-0.1, -0.05) is 62.9 Å². The molecule has 0 bridgehead atoms. The standard InChI is InChI=1S/C22H32O2SSi/c1-5-21(24-26(6-2,7-3)8-4)15-14-18-16-20(22(18,21)17-23)25-19-12-10-9-11-13-19/h5,9-13,16,18,23H,1,6-8,14-15,17H2,2-4H3/t18-,21-,22-/m1/s1. The minimum Gasteiger partial charge on any atom is -0.407 e. The van der Waals surface area contributed by atoms with Crippen LogP contribution >= 0.6 is 11.8 Å². The average molecular weight is 389 g/mol. The van der Waals surface area contributed by atoms with Crippen LogP contribution in [0.25, 0.3) is 0 Å². The lowest BCUT2D eigenvalue weighted by molar-refractivity contribution is -0.0360. The van der Waals surface area contributed by atoms with E-state index in [1.807, 2.05) is 12.1 Å². The summed E-state index contributed by atoms with van der Waals surface area (Å²) in [4.78, 5) is 2.49. The second kappa shape index (κ2) is 7.67. The molecule has 0 aromatic heterocycles. The maximum Gasteiger partial charge on any atom is 0.193 e. The van der Waals surface area contributed by atoms with Crippen molar-refractivity contribution < 1.29 is 9.53 Å². The van der Waals surface area contributed by atoms with E-state index in [1.165, 1.54) is 9.80 Å². The number of fused-ring (bicyclic) bond motifs is 1. The van der Waals surface area contributed by atoms with Gasteiger partial charge in [-0.2, -0.15) is 0 Å². The lowest BCUT2D eigenvalue weighted by Crippen LogP contribution is -2.59. The van der Waals surface area contributed by atoms with Crippen molar-refractivity contribution in [3.05, 3.63) is 54.0 Å². The first-order chi connectivity index (χ1) is 12.5. The Morgan fingerprint density at radius 3 is 2.42 bits per heavy atom. The number of benzene rings is 1. The highest BCUT2D eigenvalue weighted by molar-refractivity contribution is 8.03. The van der Waals surface area contributed by atoms with Crippen LogP contribution < -0.4 is 0 Å². The molecule has 1 saturated carbocycles. The molecule has 0 saturated heterocycles. The minimum absolute atomic E-state index is 0.136. The summed E-state index contributed by atoms with van der Waals surface area (Å²) < 4.78 is 7.09. The predicted molar refractivity (Wildman–Crippen MR) is 114 cm³/mol. The van der Waals surface area contributed by atoms with Crippen molar-refractivity contribution in [3.8, 4) is 0 Å². The van der Waals surface area contributed by atoms with E-state index in [2.05, 4.69) is 57.7 Å². The fourth-order valence-electron chi connectivity index (χ4n) is 4.90. The third kappa shape index (κ3) is 2.86. The Kier molecular flexibility index (Phi) is 5.88. The van der Waals surface area contributed by atoms with Gasteiger partial charge in [0.05, 0.1) is 17.6 Å². The smallest absolute Gasteiger partial charge is 0.193 e. The van der Waals surface area contributed by atoms with Crippen molar-refractivity contribution in [3.63, 3.8) is 0 Å². The maximum absolute atomic E-state index is 10.6. The summed E-state index contributed by atoms with van der Waals surface area (Å²) in [7, 11) is -1.82. The van der Waals surface area contributed by atoms with E-state index in [9.17, 15) is 5.11 Å². The maximum atomic E-state index is 10.6. The van der Waals surface area contributed by atoms with Crippen molar-refractivity contribution in [2.75, 3.05) is 6.61 Å². The van der Waals surface area contributed by atoms with Gasteiger partial charge in [-0.3, -0.25) is 0 Å². The summed E-state index contributed by atoms with van der Waals surface area (Å²) in [5.74, 6) is 0.397. The number of allylic oxidation sites excluding steroid dienone is 1. The summed E-state index contributed by atoms with van der Waals surface area (Å²) in [5, 5.41) is 10.6. The van der Waals surface area contributed by atoms with Gasteiger partial charge in [0, 0.05) is 4.90 Å². The molecule has 3 atom stereocenters. The molecule has 4 heteroatoms. The zero-order valence-corrected chi connectivity index (χ0v) is 18.1. The molecule has 142 valence electrons. The van der Waals surface area contributed by atoms with Crippen LogP contribution in [0.1, 0.15) is 33.6 Å². The average Bonchev–Trinajstić information content (AvgIpc) is 2.93. The summed E-state index contributed by atoms with van der Waals surface area (Å²) in [5.41, 5.74) is -0.737.